The van der Waals surface area contributed by atoms with Crippen LogP contribution in [0.5, 0.6) is 5.75 Å². The summed E-state index contributed by atoms with van der Waals surface area (Å²) in [5, 5.41) is 14.6. The van der Waals surface area contributed by atoms with Crippen LogP contribution < -0.4 is 15.4 Å². The Morgan fingerprint density at radius 2 is 2.04 bits per heavy atom. The number of aromatic nitrogens is 4. The van der Waals surface area contributed by atoms with Gasteiger partial charge in [-0.15, -0.1) is 0 Å². The fourth-order valence-corrected chi connectivity index (χ4v) is 1.99. The third-order valence-electron chi connectivity index (χ3n) is 2.82. The van der Waals surface area contributed by atoms with Gasteiger partial charge >= 0.3 is 12.7 Å². The lowest BCUT2D eigenvalue weighted by Gasteiger charge is -2.15. The van der Waals surface area contributed by atoms with Gasteiger partial charge in [-0.05, 0) is 22.6 Å². The van der Waals surface area contributed by atoms with Crippen LogP contribution in [0.2, 0.25) is 5.02 Å². The summed E-state index contributed by atoms with van der Waals surface area (Å²) < 4.78 is 34.8. The molecule has 134 valence electrons. The molecular formula is C12H11ClF2N6O4. The number of ether oxygens (including phenoxy) is 2. The standard InChI is InChI=1S/C12H11ClF2N6O4/c1-21-11(18-19-20-21)17-9(22)5-3-4-6(25-10(14)15)8(7(5)13)16-12(23)24-2/h3-4,10H,1-2H3,(H,16,23)(H,17,18,20,22). The third kappa shape index (κ3) is 4.29. The van der Waals surface area contributed by atoms with E-state index in [1.54, 1.807) is 0 Å². The highest BCUT2D eigenvalue weighted by atomic mass is 35.5. The number of carbonyl (C=O) groups excluding carboxylic acids is 2. The summed E-state index contributed by atoms with van der Waals surface area (Å²) in [6.45, 7) is -3.17. The smallest absolute Gasteiger partial charge is 0.411 e. The van der Waals surface area contributed by atoms with Crippen molar-refractivity contribution >= 4 is 35.2 Å². The van der Waals surface area contributed by atoms with Gasteiger partial charge in [0.05, 0.1) is 17.7 Å². The Morgan fingerprint density at radius 1 is 1.32 bits per heavy atom. The summed E-state index contributed by atoms with van der Waals surface area (Å²) in [7, 11) is 2.55. The second-order valence-corrected chi connectivity index (χ2v) is 4.75. The van der Waals surface area contributed by atoms with Crippen LogP contribution >= 0.6 is 11.6 Å². The van der Waals surface area contributed by atoms with Gasteiger partial charge in [-0.3, -0.25) is 15.4 Å². The Labute approximate surface area is 144 Å². The first-order chi connectivity index (χ1) is 11.8. The molecule has 13 heteroatoms. The minimum Gasteiger partial charge on any atom is -0.453 e. The van der Waals surface area contributed by atoms with Gasteiger partial charge in [-0.2, -0.15) is 8.78 Å². The lowest BCUT2D eigenvalue weighted by atomic mass is 10.1. The molecule has 1 heterocycles. The maximum absolute atomic E-state index is 12.5. The molecule has 0 bridgehead atoms. The highest BCUT2D eigenvalue weighted by molar-refractivity contribution is 6.37. The van der Waals surface area contributed by atoms with Crippen molar-refractivity contribution in [3.63, 3.8) is 0 Å². The van der Waals surface area contributed by atoms with Crippen molar-refractivity contribution in [3.8, 4) is 5.75 Å². The van der Waals surface area contributed by atoms with E-state index in [0.717, 1.165) is 19.2 Å². The van der Waals surface area contributed by atoms with Crippen molar-refractivity contribution in [2.24, 2.45) is 7.05 Å². The summed E-state index contributed by atoms with van der Waals surface area (Å²) >= 11 is 6.06. The zero-order chi connectivity index (χ0) is 18.6. The van der Waals surface area contributed by atoms with E-state index in [4.69, 9.17) is 11.6 Å². The van der Waals surface area contributed by atoms with Gasteiger partial charge in [0.15, 0.2) is 5.75 Å². The van der Waals surface area contributed by atoms with E-state index in [2.05, 4.69) is 35.6 Å². The van der Waals surface area contributed by atoms with E-state index in [9.17, 15) is 18.4 Å². The summed E-state index contributed by atoms with van der Waals surface area (Å²) in [5.41, 5.74) is -0.491. The van der Waals surface area contributed by atoms with Crippen molar-refractivity contribution in [1.29, 1.82) is 0 Å². The van der Waals surface area contributed by atoms with Crippen LogP contribution in [0.25, 0.3) is 0 Å². The molecule has 0 unspecified atom stereocenters. The van der Waals surface area contributed by atoms with E-state index in [-0.39, 0.29) is 22.2 Å². The molecule has 0 atom stereocenters. The SMILES string of the molecule is COC(=O)Nc1c(OC(F)F)ccc(C(=O)Nc2nnnn2C)c1Cl. The first kappa shape index (κ1) is 18.3. The molecule has 25 heavy (non-hydrogen) atoms. The van der Waals surface area contributed by atoms with Gasteiger partial charge in [0.1, 0.15) is 5.69 Å². The zero-order valence-corrected chi connectivity index (χ0v) is 13.5. The average Bonchev–Trinajstić information content (AvgIpc) is 2.95. The second kappa shape index (κ2) is 7.70. The van der Waals surface area contributed by atoms with Crippen molar-refractivity contribution in [2.45, 2.75) is 6.61 Å². The Balaban J connectivity index is 2.38. The topological polar surface area (TPSA) is 120 Å². The largest absolute Gasteiger partial charge is 0.453 e. The van der Waals surface area contributed by atoms with E-state index in [0.29, 0.717) is 0 Å². The minimum atomic E-state index is -3.17. The highest BCUT2D eigenvalue weighted by Crippen LogP contribution is 2.36. The van der Waals surface area contributed by atoms with Crippen molar-refractivity contribution < 1.29 is 27.8 Å². The quantitative estimate of drug-likeness (QED) is 0.817. The van der Waals surface area contributed by atoms with E-state index in [1.807, 2.05) is 0 Å². The molecule has 2 aromatic rings. The number of benzene rings is 1. The molecule has 0 aliphatic heterocycles. The molecule has 2 amide bonds. The lowest BCUT2D eigenvalue weighted by Crippen LogP contribution is -2.18. The molecule has 0 saturated carbocycles. The number of halogens is 3. The molecule has 10 nitrogen and oxygen atoms in total. The number of aryl methyl sites for hydroxylation is 1. The Kier molecular flexibility index (Phi) is 5.64. The molecule has 1 aromatic heterocycles. The lowest BCUT2D eigenvalue weighted by molar-refractivity contribution is -0.0493. The number of amides is 2. The number of carbonyl (C=O) groups is 2. The number of nitrogens with zero attached hydrogens (tertiary/aromatic N) is 4. The zero-order valence-electron chi connectivity index (χ0n) is 12.8. The number of hydrogen-bond acceptors (Lipinski definition) is 7. The molecule has 0 saturated heterocycles. The molecule has 0 aliphatic carbocycles. The summed E-state index contributed by atoms with van der Waals surface area (Å²) in [4.78, 5) is 23.7. The van der Waals surface area contributed by atoms with Crippen LogP contribution in [0.3, 0.4) is 0 Å². The Bertz CT molecular complexity index is 800. The maximum Gasteiger partial charge on any atom is 0.411 e. The van der Waals surface area contributed by atoms with Crippen molar-refractivity contribution in [1.82, 2.24) is 20.2 Å². The summed E-state index contributed by atoms with van der Waals surface area (Å²) in [5.74, 6) is -1.15. The Hall–Kier alpha value is -3.02. The molecule has 0 fully saturated rings. The summed E-state index contributed by atoms with van der Waals surface area (Å²) in [6, 6.07) is 2.19. The first-order valence-electron chi connectivity index (χ1n) is 6.49. The number of rotatable bonds is 5. The summed E-state index contributed by atoms with van der Waals surface area (Å²) in [6.07, 6.45) is -0.990. The number of nitrogens with one attached hydrogen (secondary N) is 2. The molecule has 2 rings (SSSR count). The maximum atomic E-state index is 12.5. The monoisotopic (exact) mass is 376 g/mol. The molecule has 2 N–H and O–H groups in total. The number of hydrogen-bond donors (Lipinski definition) is 2. The number of methoxy groups -OCH3 is 1. The first-order valence-corrected chi connectivity index (χ1v) is 6.87. The van der Waals surface area contributed by atoms with Crippen LogP contribution in [-0.2, 0) is 11.8 Å². The number of anilines is 2. The van der Waals surface area contributed by atoms with Gasteiger partial charge < -0.3 is 9.47 Å². The van der Waals surface area contributed by atoms with Crippen LogP contribution in [0, 0.1) is 0 Å². The van der Waals surface area contributed by atoms with E-state index in [1.165, 1.54) is 11.7 Å². The predicted octanol–water partition coefficient (Wildman–Crippen LogP) is 1.90. The normalized spacial score (nSPS) is 10.5. The van der Waals surface area contributed by atoms with Crippen molar-refractivity contribution in [3.05, 3.63) is 22.7 Å². The third-order valence-corrected chi connectivity index (χ3v) is 3.21. The van der Waals surface area contributed by atoms with Gasteiger partial charge in [-0.1, -0.05) is 16.7 Å². The van der Waals surface area contributed by atoms with Crippen LogP contribution in [0.1, 0.15) is 10.4 Å². The van der Waals surface area contributed by atoms with E-state index >= 15 is 0 Å². The van der Waals surface area contributed by atoms with Gasteiger partial charge in [0.2, 0.25) is 5.95 Å². The van der Waals surface area contributed by atoms with Gasteiger partial charge in [-0.25, -0.2) is 9.48 Å². The van der Waals surface area contributed by atoms with Crippen LogP contribution in [0.4, 0.5) is 25.2 Å². The molecule has 1 aromatic carbocycles. The Morgan fingerprint density at radius 3 is 2.60 bits per heavy atom. The fraction of sp³-hybridized carbons (Fsp3) is 0.250. The van der Waals surface area contributed by atoms with E-state index < -0.39 is 24.4 Å². The second-order valence-electron chi connectivity index (χ2n) is 4.38. The predicted molar refractivity (Wildman–Crippen MR) is 80.9 cm³/mol. The van der Waals surface area contributed by atoms with Gasteiger partial charge in [0, 0.05) is 7.05 Å². The molecule has 0 radical (unpaired) electrons. The van der Waals surface area contributed by atoms with Crippen molar-refractivity contribution in [2.75, 3.05) is 17.7 Å². The van der Waals surface area contributed by atoms with Gasteiger partial charge in [0.25, 0.3) is 5.91 Å². The molecule has 0 spiro atoms. The highest BCUT2D eigenvalue weighted by Gasteiger charge is 2.22. The fourth-order valence-electron chi connectivity index (χ4n) is 1.70. The van der Waals surface area contributed by atoms with Crippen LogP contribution in [-0.4, -0.2) is 45.9 Å². The minimum absolute atomic E-state index is 0.0245. The molecular weight excluding hydrogens is 366 g/mol. The molecule has 0 aliphatic rings. The van der Waals surface area contributed by atoms with Crippen LogP contribution in [0.15, 0.2) is 12.1 Å². The number of alkyl halides is 2. The average molecular weight is 377 g/mol. The number of tetrazole rings is 1.